The van der Waals surface area contributed by atoms with E-state index in [-0.39, 0.29) is 29.9 Å². The molecule has 0 fully saturated rings. The number of ether oxygens (including phenoxy) is 3. The lowest BCUT2D eigenvalue weighted by Gasteiger charge is -2.11. The molecular weight excluding hydrogens is 469 g/mol. The molecular formula is C23H19F3N4O5. The van der Waals surface area contributed by atoms with Gasteiger partial charge in [-0.05, 0) is 36.4 Å². The van der Waals surface area contributed by atoms with E-state index in [4.69, 9.17) is 14.0 Å². The maximum atomic E-state index is 12.6. The Labute approximate surface area is 197 Å². The van der Waals surface area contributed by atoms with Crippen molar-refractivity contribution in [2.75, 3.05) is 19.5 Å². The van der Waals surface area contributed by atoms with Crippen molar-refractivity contribution in [1.82, 2.24) is 14.7 Å². The van der Waals surface area contributed by atoms with Crippen LogP contribution in [0.25, 0.3) is 23.0 Å². The van der Waals surface area contributed by atoms with Gasteiger partial charge in [-0.2, -0.15) is 4.98 Å². The van der Waals surface area contributed by atoms with E-state index < -0.39 is 6.36 Å². The van der Waals surface area contributed by atoms with E-state index in [9.17, 15) is 18.0 Å². The maximum Gasteiger partial charge on any atom is 0.573 e. The van der Waals surface area contributed by atoms with Gasteiger partial charge < -0.3 is 28.6 Å². The molecule has 0 unspecified atom stereocenters. The van der Waals surface area contributed by atoms with E-state index in [0.717, 1.165) is 12.1 Å². The third-order valence-corrected chi connectivity index (χ3v) is 4.77. The first kappa shape index (κ1) is 23.7. The van der Waals surface area contributed by atoms with Gasteiger partial charge in [0, 0.05) is 35.6 Å². The Morgan fingerprint density at radius 1 is 1.03 bits per heavy atom. The van der Waals surface area contributed by atoms with Crippen LogP contribution in [-0.4, -0.2) is 41.2 Å². The number of benzene rings is 2. The molecule has 9 nitrogen and oxygen atoms in total. The van der Waals surface area contributed by atoms with E-state index >= 15 is 0 Å². The van der Waals surface area contributed by atoms with Crippen LogP contribution in [0.1, 0.15) is 0 Å². The third-order valence-electron chi connectivity index (χ3n) is 4.77. The Bertz CT molecular complexity index is 1290. The largest absolute Gasteiger partial charge is 0.573 e. The van der Waals surface area contributed by atoms with Crippen molar-refractivity contribution < 1.29 is 36.7 Å². The monoisotopic (exact) mass is 488 g/mol. The number of rotatable bonds is 8. The van der Waals surface area contributed by atoms with Gasteiger partial charge in [0.2, 0.25) is 11.7 Å². The summed E-state index contributed by atoms with van der Waals surface area (Å²) in [4.78, 5) is 16.9. The fourth-order valence-electron chi connectivity index (χ4n) is 3.23. The van der Waals surface area contributed by atoms with Crippen LogP contribution in [0.2, 0.25) is 0 Å². The van der Waals surface area contributed by atoms with Gasteiger partial charge >= 0.3 is 6.36 Å². The molecule has 0 saturated heterocycles. The molecule has 0 aliphatic carbocycles. The highest BCUT2D eigenvalue weighted by Gasteiger charge is 2.31. The Morgan fingerprint density at radius 3 is 2.34 bits per heavy atom. The number of carbonyl (C=O) groups excluding carboxylic acids is 1. The molecule has 1 amide bonds. The lowest BCUT2D eigenvalue weighted by molar-refractivity contribution is -0.274. The number of carbonyl (C=O) groups is 1. The van der Waals surface area contributed by atoms with Gasteiger partial charge in [-0.25, -0.2) is 0 Å². The smallest absolute Gasteiger partial charge is 0.497 e. The minimum atomic E-state index is -4.78. The maximum absolute atomic E-state index is 12.6. The predicted octanol–water partition coefficient (Wildman–Crippen LogP) is 4.76. The summed E-state index contributed by atoms with van der Waals surface area (Å²) in [7, 11) is 3.02. The third kappa shape index (κ3) is 5.91. The van der Waals surface area contributed by atoms with E-state index in [0.29, 0.717) is 28.4 Å². The minimum Gasteiger partial charge on any atom is -0.497 e. The topological polar surface area (TPSA) is 101 Å². The second-order valence-electron chi connectivity index (χ2n) is 7.17. The predicted molar refractivity (Wildman–Crippen MR) is 118 cm³/mol. The highest BCUT2D eigenvalue weighted by atomic mass is 19.4. The van der Waals surface area contributed by atoms with Crippen LogP contribution in [-0.2, 0) is 11.3 Å². The van der Waals surface area contributed by atoms with Gasteiger partial charge in [0.25, 0.3) is 5.89 Å². The van der Waals surface area contributed by atoms with Crippen molar-refractivity contribution in [3.63, 3.8) is 0 Å². The number of hydrogen-bond donors (Lipinski definition) is 1. The molecule has 2 heterocycles. The van der Waals surface area contributed by atoms with Gasteiger partial charge in [-0.1, -0.05) is 5.16 Å². The van der Waals surface area contributed by atoms with Crippen molar-refractivity contribution in [2.24, 2.45) is 0 Å². The normalized spacial score (nSPS) is 11.2. The molecule has 12 heteroatoms. The molecule has 0 atom stereocenters. The second kappa shape index (κ2) is 9.79. The van der Waals surface area contributed by atoms with Crippen molar-refractivity contribution in [1.29, 1.82) is 0 Å². The molecule has 0 radical (unpaired) electrons. The Balaban J connectivity index is 1.47. The summed E-state index contributed by atoms with van der Waals surface area (Å²) >= 11 is 0. The first-order valence-corrected chi connectivity index (χ1v) is 10.1. The zero-order valence-electron chi connectivity index (χ0n) is 18.5. The highest BCUT2D eigenvalue weighted by Crippen LogP contribution is 2.28. The van der Waals surface area contributed by atoms with Crippen LogP contribution in [0.4, 0.5) is 18.9 Å². The molecule has 0 bridgehead atoms. The average Bonchev–Trinajstić information content (AvgIpc) is 3.47. The summed E-state index contributed by atoms with van der Waals surface area (Å²) in [5.41, 5.74) is 1.41. The van der Waals surface area contributed by atoms with Crippen LogP contribution in [0.3, 0.4) is 0 Å². The number of anilines is 1. The number of nitrogens with one attached hydrogen (secondary N) is 1. The number of aromatic nitrogens is 3. The molecule has 0 spiro atoms. The molecule has 4 rings (SSSR count). The van der Waals surface area contributed by atoms with Crippen LogP contribution in [0.15, 0.2) is 65.3 Å². The highest BCUT2D eigenvalue weighted by molar-refractivity contribution is 5.91. The van der Waals surface area contributed by atoms with E-state index in [1.807, 2.05) is 0 Å². The van der Waals surface area contributed by atoms with E-state index in [1.165, 1.54) is 26.4 Å². The van der Waals surface area contributed by atoms with Gasteiger partial charge in [0.15, 0.2) is 0 Å². The summed E-state index contributed by atoms with van der Waals surface area (Å²) in [5, 5.41) is 6.66. The molecule has 182 valence electrons. The fourth-order valence-corrected chi connectivity index (χ4v) is 3.23. The standard InChI is InChI=1S/C23H19F3N4O5/c1-32-17-10-15(11-18(12-17)33-2)27-20(31)13-30-9-3-4-19(30)22-28-21(29-35-22)14-5-7-16(8-6-14)34-23(24,25)26/h3-12H,13H2,1-2H3,(H,27,31). The Hall–Kier alpha value is -4.48. The first-order chi connectivity index (χ1) is 16.7. The van der Waals surface area contributed by atoms with Gasteiger partial charge in [-0.15, -0.1) is 13.2 Å². The number of amides is 1. The number of hydrogen-bond acceptors (Lipinski definition) is 7. The Kier molecular flexibility index (Phi) is 6.62. The lowest BCUT2D eigenvalue weighted by atomic mass is 10.2. The summed E-state index contributed by atoms with van der Waals surface area (Å²) < 4.78 is 58.2. The summed E-state index contributed by atoms with van der Waals surface area (Å²) in [6.45, 7) is -0.0525. The number of alkyl halides is 3. The molecule has 35 heavy (non-hydrogen) atoms. The minimum absolute atomic E-state index is 0.0525. The van der Waals surface area contributed by atoms with Crippen molar-refractivity contribution >= 4 is 11.6 Å². The van der Waals surface area contributed by atoms with Gasteiger partial charge in [0.05, 0.1) is 14.2 Å². The first-order valence-electron chi connectivity index (χ1n) is 10.1. The van der Waals surface area contributed by atoms with Crippen molar-refractivity contribution in [3.05, 3.63) is 60.8 Å². The summed E-state index contributed by atoms with van der Waals surface area (Å²) in [5.74, 6) is 0.669. The second-order valence-corrected chi connectivity index (χ2v) is 7.17. The Morgan fingerprint density at radius 2 is 1.71 bits per heavy atom. The van der Waals surface area contributed by atoms with Crippen molar-refractivity contribution in [3.8, 4) is 40.2 Å². The molecule has 2 aromatic carbocycles. The van der Waals surface area contributed by atoms with E-state index in [2.05, 4.69) is 20.2 Å². The number of nitrogens with zero attached hydrogens (tertiary/aromatic N) is 3. The lowest BCUT2D eigenvalue weighted by Crippen LogP contribution is -2.18. The number of methoxy groups -OCH3 is 2. The summed E-state index contributed by atoms with van der Waals surface area (Å²) in [6, 6.07) is 13.5. The van der Waals surface area contributed by atoms with Gasteiger partial charge in [0.1, 0.15) is 29.5 Å². The zero-order chi connectivity index (χ0) is 25.0. The fraction of sp³-hybridized carbons (Fsp3) is 0.174. The van der Waals surface area contributed by atoms with Crippen LogP contribution in [0.5, 0.6) is 17.2 Å². The SMILES string of the molecule is COc1cc(NC(=O)Cn2cccc2-c2nc(-c3ccc(OC(F)(F)F)cc3)no2)cc(OC)c1. The van der Waals surface area contributed by atoms with Crippen LogP contribution in [0, 0.1) is 0 Å². The molecule has 2 aromatic heterocycles. The molecule has 4 aromatic rings. The quantitative estimate of drug-likeness (QED) is 0.382. The van der Waals surface area contributed by atoms with E-state index in [1.54, 1.807) is 41.1 Å². The zero-order valence-corrected chi connectivity index (χ0v) is 18.5. The summed E-state index contributed by atoms with van der Waals surface area (Å²) in [6.07, 6.45) is -3.11. The van der Waals surface area contributed by atoms with Gasteiger partial charge in [-0.3, -0.25) is 4.79 Å². The average molecular weight is 488 g/mol. The van der Waals surface area contributed by atoms with Crippen LogP contribution < -0.4 is 19.5 Å². The number of halogens is 3. The molecule has 1 N–H and O–H groups in total. The molecule has 0 aliphatic heterocycles. The molecule has 0 saturated carbocycles. The molecule has 0 aliphatic rings. The van der Waals surface area contributed by atoms with Crippen LogP contribution >= 0.6 is 0 Å². The van der Waals surface area contributed by atoms with Crippen molar-refractivity contribution in [2.45, 2.75) is 12.9 Å².